The fourth-order valence-corrected chi connectivity index (χ4v) is 6.04. The van der Waals surface area contributed by atoms with Crippen LogP contribution in [0.15, 0.2) is 77.2 Å². The van der Waals surface area contributed by atoms with Gasteiger partial charge in [0.25, 0.3) is 5.91 Å². The fraction of sp³-hybridized carbons (Fsp3) is 0.303. The van der Waals surface area contributed by atoms with Crippen LogP contribution in [0.3, 0.4) is 0 Å². The first-order valence-corrected chi connectivity index (χ1v) is 14.6. The summed E-state index contributed by atoms with van der Waals surface area (Å²) in [6.45, 7) is 4.05. The van der Waals surface area contributed by atoms with Crippen molar-refractivity contribution in [2.45, 2.75) is 32.4 Å². The minimum Gasteiger partial charge on any atom is -0.460 e. The molecular weight excluding hydrogens is 530 g/mol. The third-order valence-electron chi connectivity index (χ3n) is 8.32. The van der Waals surface area contributed by atoms with Crippen LogP contribution in [-0.4, -0.2) is 64.6 Å². The van der Waals surface area contributed by atoms with Crippen LogP contribution in [0.5, 0.6) is 5.75 Å². The van der Waals surface area contributed by atoms with E-state index in [1.807, 2.05) is 64.1 Å². The maximum Gasteiger partial charge on any atom is 0.420 e. The van der Waals surface area contributed by atoms with E-state index in [2.05, 4.69) is 17.0 Å². The quantitative estimate of drug-likeness (QED) is 0.272. The number of amides is 2. The van der Waals surface area contributed by atoms with Gasteiger partial charge in [0, 0.05) is 57.0 Å². The van der Waals surface area contributed by atoms with Crippen molar-refractivity contribution >= 4 is 39.6 Å². The van der Waals surface area contributed by atoms with Crippen molar-refractivity contribution in [1.29, 1.82) is 0 Å². The van der Waals surface area contributed by atoms with Crippen molar-refractivity contribution in [3.63, 3.8) is 0 Å². The van der Waals surface area contributed by atoms with E-state index in [1.165, 1.54) is 4.90 Å². The maximum absolute atomic E-state index is 14.0. The number of imidazole rings is 1. The predicted molar refractivity (Wildman–Crippen MR) is 161 cm³/mol. The molecule has 0 radical (unpaired) electrons. The van der Waals surface area contributed by atoms with Crippen molar-refractivity contribution in [3.05, 3.63) is 90.1 Å². The van der Waals surface area contributed by atoms with Crippen LogP contribution in [0.2, 0.25) is 0 Å². The monoisotopic (exact) mass is 563 g/mol. The summed E-state index contributed by atoms with van der Waals surface area (Å²) in [6.07, 6.45) is 2.18. The van der Waals surface area contributed by atoms with E-state index >= 15 is 0 Å². The molecule has 0 aliphatic carbocycles. The van der Waals surface area contributed by atoms with E-state index in [9.17, 15) is 9.59 Å². The van der Waals surface area contributed by atoms with Gasteiger partial charge in [0.1, 0.15) is 22.9 Å². The van der Waals surface area contributed by atoms with Gasteiger partial charge in [-0.1, -0.05) is 54.6 Å². The summed E-state index contributed by atoms with van der Waals surface area (Å²) in [5, 5.41) is 2.93. The molecule has 2 aliphatic heterocycles. The Hall–Kier alpha value is -4.63. The number of ether oxygens (including phenoxy) is 1. The van der Waals surface area contributed by atoms with Gasteiger partial charge in [0.2, 0.25) is 0 Å². The highest BCUT2D eigenvalue weighted by molar-refractivity contribution is 6.02. The summed E-state index contributed by atoms with van der Waals surface area (Å²) in [4.78, 5) is 37.8. The molecule has 5 aromatic rings. The lowest BCUT2D eigenvalue weighted by Gasteiger charge is -2.34. The van der Waals surface area contributed by atoms with Crippen molar-refractivity contribution in [2.75, 3.05) is 38.1 Å². The van der Waals surface area contributed by atoms with E-state index in [0.717, 1.165) is 65.7 Å². The number of anilines is 1. The van der Waals surface area contributed by atoms with Gasteiger partial charge in [0.15, 0.2) is 11.5 Å². The van der Waals surface area contributed by atoms with Crippen LogP contribution in [0.1, 0.15) is 34.9 Å². The molecule has 42 heavy (non-hydrogen) atoms. The summed E-state index contributed by atoms with van der Waals surface area (Å²) < 4.78 is 13.9. The molecule has 0 saturated carbocycles. The second-order valence-electron chi connectivity index (χ2n) is 11.0. The van der Waals surface area contributed by atoms with Crippen LogP contribution in [0.4, 0.5) is 10.6 Å². The van der Waals surface area contributed by atoms with Crippen molar-refractivity contribution in [3.8, 4) is 5.75 Å². The highest BCUT2D eigenvalue weighted by Gasteiger charge is 2.33. The molecule has 1 saturated heterocycles. The summed E-state index contributed by atoms with van der Waals surface area (Å²) >= 11 is 0. The van der Waals surface area contributed by atoms with E-state index in [-0.39, 0.29) is 5.91 Å². The highest BCUT2D eigenvalue weighted by Crippen LogP contribution is 2.30. The van der Waals surface area contributed by atoms with Gasteiger partial charge in [0.05, 0.1) is 6.54 Å². The lowest BCUT2D eigenvalue weighted by Crippen LogP contribution is -2.49. The average molecular weight is 564 g/mol. The first-order valence-electron chi connectivity index (χ1n) is 14.6. The number of aromatic nitrogens is 2. The minimum absolute atomic E-state index is 0.0983. The molecule has 2 aromatic heterocycles. The number of para-hydroxylation sites is 1. The van der Waals surface area contributed by atoms with Crippen LogP contribution in [0.25, 0.3) is 21.7 Å². The topological polar surface area (TPSA) is 84.0 Å². The molecule has 7 rings (SSSR count). The Morgan fingerprint density at radius 3 is 2.50 bits per heavy atom. The normalized spacial score (nSPS) is 15.6. The Labute approximate surface area is 243 Å². The number of hydrogen-bond acceptors (Lipinski definition) is 6. The van der Waals surface area contributed by atoms with Gasteiger partial charge in [-0.25, -0.2) is 9.78 Å². The van der Waals surface area contributed by atoms with E-state index in [0.29, 0.717) is 43.4 Å². The van der Waals surface area contributed by atoms with Gasteiger partial charge >= 0.3 is 6.09 Å². The zero-order valence-electron chi connectivity index (χ0n) is 23.7. The molecule has 0 N–H and O–H groups in total. The predicted octanol–water partition coefficient (Wildman–Crippen LogP) is 5.71. The van der Waals surface area contributed by atoms with Gasteiger partial charge in [-0.15, -0.1) is 0 Å². The van der Waals surface area contributed by atoms with E-state index in [1.54, 1.807) is 13.1 Å². The Kier molecular flexibility index (Phi) is 6.87. The number of hydrogen-bond donors (Lipinski definition) is 0. The summed E-state index contributed by atoms with van der Waals surface area (Å²) in [7, 11) is 1.63. The number of nitrogens with zero attached hydrogens (tertiary/aromatic N) is 5. The number of aryl methyl sites for hydroxylation is 1. The van der Waals surface area contributed by atoms with Gasteiger partial charge in [-0.2, -0.15) is 0 Å². The van der Waals surface area contributed by atoms with Crippen LogP contribution >= 0.6 is 0 Å². The molecule has 0 unspecified atom stereocenters. The molecule has 2 amide bonds. The lowest BCUT2D eigenvalue weighted by atomic mass is 10.1. The molecule has 9 nitrogen and oxygen atoms in total. The smallest absolute Gasteiger partial charge is 0.420 e. The molecule has 2 aliphatic rings. The number of furan rings is 1. The van der Waals surface area contributed by atoms with Gasteiger partial charge in [-0.05, 0) is 36.4 Å². The molecular formula is C33H33N5O4. The fourth-order valence-electron chi connectivity index (χ4n) is 6.04. The Bertz CT molecular complexity index is 1740. The summed E-state index contributed by atoms with van der Waals surface area (Å²) in [6, 6.07) is 23.5. The summed E-state index contributed by atoms with van der Waals surface area (Å²) in [5.74, 6) is 2.50. The SMILES string of the molecule is CN(C(=O)Oc1cccc2ccccc12)c1nc2n(c1C(=O)N1CCN(Cc3cc4ccccc4o3)CC1)CCCC2. The number of fused-ring (bicyclic) bond motifs is 3. The second kappa shape index (κ2) is 11.0. The molecule has 214 valence electrons. The first-order chi connectivity index (χ1) is 20.5. The van der Waals surface area contributed by atoms with Crippen molar-refractivity contribution < 1.29 is 18.7 Å². The van der Waals surface area contributed by atoms with Crippen molar-refractivity contribution in [2.24, 2.45) is 0 Å². The Morgan fingerprint density at radius 1 is 0.905 bits per heavy atom. The van der Waals surface area contributed by atoms with E-state index in [4.69, 9.17) is 14.1 Å². The van der Waals surface area contributed by atoms with Crippen LogP contribution in [-0.2, 0) is 19.5 Å². The zero-order valence-corrected chi connectivity index (χ0v) is 23.7. The standard InChI is InChI=1S/C33H33N5O4/c1-35(33(40)42-28-14-8-11-23-9-2-4-12-26(23)28)31-30(38-16-7-6-15-29(38)34-31)32(39)37-19-17-36(18-20-37)22-25-21-24-10-3-5-13-27(24)41-25/h2-5,8-14,21H,6-7,15-20,22H2,1H3. The van der Waals surface area contributed by atoms with Crippen LogP contribution < -0.4 is 9.64 Å². The third kappa shape index (κ3) is 4.90. The summed E-state index contributed by atoms with van der Waals surface area (Å²) in [5.41, 5.74) is 1.36. The molecule has 3 aromatic carbocycles. The Morgan fingerprint density at radius 2 is 1.67 bits per heavy atom. The second-order valence-corrected chi connectivity index (χ2v) is 11.0. The number of carbonyl (C=O) groups is 2. The third-order valence-corrected chi connectivity index (χ3v) is 8.32. The van der Waals surface area contributed by atoms with Gasteiger partial charge in [-0.3, -0.25) is 14.6 Å². The van der Waals surface area contributed by atoms with E-state index < -0.39 is 6.09 Å². The highest BCUT2D eigenvalue weighted by atomic mass is 16.6. The van der Waals surface area contributed by atoms with Crippen molar-refractivity contribution in [1.82, 2.24) is 19.4 Å². The number of rotatable bonds is 5. The number of piperazine rings is 1. The molecule has 4 heterocycles. The van der Waals surface area contributed by atoms with Gasteiger partial charge < -0.3 is 18.6 Å². The molecule has 0 atom stereocenters. The molecule has 9 heteroatoms. The maximum atomic E-state index is 14.0. The zero-order chi connectivity index (χ0) is 28.6. The van der Waals surface area contributed by atoms with Crippen LogP contribution in [0, 0.1) is 0 Å². The number of carbonyl (C=O) groups excluding carboxylic acids is 2. The molecule has 0 bridgehead atoms. The lowest BCUT2D eigenvalue weighted by molar-refractivity contribution is 0.0610. The first kappa shape index (κ1) is 26.3. The Balaban J connectivity index is 1.09. The number of benzene rings is 3. The minimum atomic E-state index is -0.577. The molecule has 0 spiro atoms. The molecule has 1 fully saturated rings. The largest absolute Gasteiger partial charge is 0.460 e. The average Bonchev–Trinajstić information content (AvgIpc) is 3.62.